The Morgan fingerprint density at radius 3 is 0.606 bits per heavy atom. The van der Waals surface area contributed by atoms with Crippen molar-refractivity contribution < 1.29 is 0 Å². The monoisotopic (exact) mass is 1310 g/mol. The smallest absolute Gasteiger partial charge is 0.000740 e. The van der Waals surface area contributed by atoms with Crippen molar-refractivity contribution in [1.29, 1.82) is 0 Å². The molecule has 0 nitrogen and oxygen atoms in total. The zero-order valence-electron chi connectivity index (χ0n) is 56.8. The Labute approximate surface area is 603 Å². The first-order valence-corrected chi connectivity index (χ1v) is 36.3. The van der Waals surface area contributed by atoms with Gasteiger partial charge < -0.3 is 0 Å². The van der Waals surface area contributed by atoms with Crippen LogP contribution < -0.4 is 0 Å². The maximum atomic E-state index is 2.53. The molecule has 0 radical (unpaired) electrons. The van der Waals surface area contributed by atoms with Crippen LogP contribution in [0, 0.1) is 0 Å². The molecule has 20 aromatic carbocycles. The zero-order valence-corrected chi connectivity index (χ0v) is 56.8. The van der Waals surface area contributed by atoms with Gasteiger partial charge in [0.1, 0.15) is 0 Å². The largest absolute Gasteiger partial charge is 0.0622 e. The second kappa shape index (κ2) is 23.0. The molecule has 0 aliphatic heterocycles. The van der Waals surface area contributed by atoms with Gasteiger partial charge >= 0.3 is 0 Å². The molecule has 104 heavy (non-hydrogen) atoms. The Bertz CT molecular complexity index is 6260. The van der Waals surface area contributed by atoms with Gasteiger partial charge in [0, 0.05) is 0 Å². The van der Waals surface area contributed by atoms with Crippen molar-refractivity contribution in [1.82, 2.24) is 0 Å². The van der Waals surface area contributed by atoms with Crippen molar-refractivity contribution >= 4 is 86.2 Å². The third-order valence-corrected chi connectivity index (χ3v) is 22.8. The topological polar surface area (TPSA) is 0 Å². The third-order valence-electron chi connectivity index (χ3n) is 22.8. The second-order valence-electron chi connectivity index (χ2n) is 28.4. The number of benzene rings is 20. The van der Waals surface area contributed by atoms with E-state index in [2.05, 4.69) is 376 Å². The normalized spacial score (nSPS) is 12.0. The van der Waals surface area contributed by atoms with Crippen LogP contribution in [0.25, 0.3) is 231 Å². The second-order valence-corrected chi connectivity index (χ2v) is 28.4. The van der Waals surface area contributed by atoms with Crippen LogP contribution in [0.15, 0.2) is 376 Å². The maximum Gasteiger partial charge on any atom is -0.000740 e. The molecule has 0 bridgehead atoms. The summed E-state index contributed by atoms with van der Waals surface area (Å²) in [6, 6.07) is 142. The number of rotatable bonds is 9. The van der Waals surface area contributed by atoms with Crippen LogP contribution in [0.2, 0.25) is 0 Å². The van der Waals surface area contributed by atoms with Gasteiger partial charge in [-0.15, -0.1) is 0 Å². The lowest BCUT2D eigenvalue weighted by Gasteiger charge is -2.23. The summed E-state index contributed by atoms with van der Waals surface area (Å²) in [5, 5.41) is 19.7. The molecule has 0 saturated heterocycles. The molecule has 0 spiro atoms. The van der Waals surface area contributed by atoms with E-state index >= 15 is 0 Å². The highest BCUT2D eigenvalue weighted by Gasteiger charge is 2.36. The average Bonchev–Trinajstić information content (AvgIpc) is 1.55. The lowest BCUT2D eigenvalue weighted by molar-refractivity contribution is 1.59. The molecule has 0 saturated carbocycles. The molecule has 20 aromatic rings. The van der Waals surface area contributed by atoms with E-state index in [9.17, 15) is 0 Å². The Morgan fingerprint density at radius 2 is 0.337 bits per heavy atom. The zero-order chi connectivity index (χ0) is 68.1. The average molecular weight is 1310 g/mol. The highest BCUT2D eigenvalue weighted by molar-refractivity contribution is 6.33. The third kappa shape index (κ3) is 8.86. The first kappa shape index (κ1) is 58.3. The molecule has 478 valence electrons. The van der Waals surface area contributed by atoms with E-state index in [1.54, 1.807) is 0 Å². The minimum atomic E-state index is 1.19. The number of hydrogen-bond acceptors (Lipinski definition) is 0. The Hall–Kier alpha value is -13.5. The minimum absolute atomic E-state index is 1.19. The molecule has 0 fully saturated rings. The minimum Gasteiger partial charge on any atom is -0.0622 e. The molecule has 22 rings (SSSR count). The van der Waals surface area contributed by atoms with Crippen LogP contribution in [0.1, 0.15) is 0 Å². The van der Waals surface area contributed by atoms with Crippen molar-refractivity contribution in [3.8, 4) is 145 Å². The van der Waals surface area contributed by atoms with Crippen LogP contribution in [-0.2, 0) is 0 Å². The fourth-order valence-electron chi connectivity index (χ4n) is 18.3. The highest BCUT2D eigenvalue weighted by atomic mass is 14.4. The summed E-state index contributed by atoms with van der Waals surface area (Å²) in [4.78, 5) is 0. The van der Waals surface area contributed by atoms with E-state index < -0.39 is 0 Å². The van der Waals surface area contributed by atoms with Gasteiger partial charge in [-0.05, 0) is 279 Å². The summed E-state index contributed by atoms with van der Waals surface area (Å²) < 4.78 is 0. The molecular formula is C104H62. The molecule has 0 heteroatoms. The Morgan fingerprint density at radius 1 is 0.106 bits per heavy atom. The van der Waals surface area contributed by atoms with Gasteiger partial charge in [-0.2, -0.15) is 0 Å². The van der Waals surface area contributed by atoms with Crippen molar-refractivity contribution in [3.63, 3.8) is 0 Å². The Kier molecular flexibility index (Phi) is 12.9. The molecule has 0 unspecified atom stereocenters. The highest BCUT2D eigenvalue weighted by Crippen LogP contribution is 2.63. The van der Waals surface area contributed by atoms with Crippen molar-refractivity contribution in [2.75, 3.05) is 0 Å². The number of fused-ring (bicyclic) bond motifs is 12. The molecule has 0 atom stereocenters. The lowest BCUT2D eigenvalue weighted by Crippen LogP contribution is -1.96. The predicted molar refractivity (Wildman–Crippen MR) is 444 cm³/mol. The summed E-state index contributed by atoms with van der Waals surface area (Å²) in [6.45, 7) is 0. The van der Waals surface area contributed by atoms with Gasteiger partial charge in [-0.3, -0.25) is 0 Å². The van der Waals surface area contributed by atoms with Crippen LogP contribution in [0.4, 0.5) is 0 Å². The first-order chi connectivity index (χ1) is 51.6. The van der Waals surface area contributed by atoms with Gasteiger partial charge in [-0.25, -0.2) is 0 Å². The summed E-state index contributed by atoms with van der Waals surface area (Å²) in [5.41, 5.74) is 31.9. The molecule has 0 heterocycles. The molecule has 2 aliphatic carbocycles. The molecule has 0 aromatic heterocycles. The van der Waals surface area contributed by atoms with Crippen LogP contribution >= 0.6 is 0 Å². The molecule has 0 amide bonds. The quantitative estimate of drug-likeness (QED) is 0.135. The van der Waals surface area contributed by atoms with Crippen LogP contribution in [0.5, 0.6) is 0 Å². The summed E-state index contributed by atoms with van der Waals surface area (Å²) >= 11 is 0. The van der Waals surface area contributed by atoms with Crippen LogP contribution in [0.3, 0.4) is 0 Å². The number of hydrogen-bond donors (Lipinski definition) is 0. The predicted octanol–water partition coefficient (Wildman–Crippen LogP) is 29.2. The van der Waals surface area contributed by atoms with Gasteiger partial charge in [0.2, 0.25) is 0 Å². The molecule has 2 aliphatic rings. The Balaban J connectivity index is 0.841. The summed E-state index contributed by atoms with van der Waals surface area (Å²) in [5.74, 6) is 0. The SMILES string of the molecule is c1ccc(-c2cc3c(-c4ccc5ccccc5c4)c4c(c(-c5ccc6ccccc6c5)c3cc2-c2ccccc2)-c2ccc(-c3ccc5c6c(cccc36)-c3c-5c(-c5ccc6ccccc6c5)c5cc(-c6ccccc6)c(-c6ccccc6)cc5c3-c3ccc5ccccc5c3)c3cccc-4c23)cc1. The van der Waals surface area contributed by atoms with E-state index in [-0.39, 0.29) is 0 Å². The van der Waals surface area contributed by atoms with E-state index in [0.717, 1.165) is 0 Å². The maximum absolute atomic E-state index is 2.53. The standard InChI is InChI=1S/C104H62/c1-5-27-67(28-6-1)87-59-91-93(61-89(87)69-31-9-3-10-32-69)97(77-49-45-65-25-15-19-37-73(65)57-77)103-85-53-51-79(81-39-21-41-83(99(81)85)101(103)95(91)75-47-43-63-23-13-17-35-71(63)55-75)80-52-54-86-100-82(80)40-22-42-84(100)102-96(76-48-44-64-24-14-18-36-72(64)56-76)92-60-88(68-29-7-2-8-30-68)90(70-33-11-4-12-34-70)62-94(92)98(104(86)102)78-50-46-66-26-16-20-38-74(66)58-78/h1-62H. The van der Waals surface area contributed by atoms with Gasteiger partial charge in [0.25, 0.3) is 0 Å². The molecule has 0 N–H and O–H groups in total. The fourth-order valence-corrected chi connectivity index (χ4v) is 18.3. The van der Waals surface area contributed by atoms with E-state index in [4.69, 9.17) is 0 Å². The first-order valence-electron chi connectivity index (χ1n) is 36.3. The van der Waals surface area contributed by atoms with Gasteiger partial charge in [-0.1, -0.05) is 328 Å². The van der Waals surface area contributed by atoms with Gasteiger partial charge in [0.05, 0.1) is 0 Å². The lowest BCUT2D eigenvalue weighted by atomic mass is 9.79. The van der Waals surface area contributed by atoms with Crippen molar-refractivity contribution in [3.05, 3.63) is 376 Å². The fraction of sp³-hybridized carbons (Fsp3) is 0. The summed E-state index contributed by atoms with van der Waals surface area (Å²) in [6.07, 6.45) is 0. The molecular weight excluding hydrogens is 1250 g/mol. The summed E-state index contributed by atoms with van der Waals surface area (Å²) in [7, 11) is 0. The van der Waals surface area contributed by atoms with E-state index in [0.29, 0.717) is 0 Å². The van der Waals surface area contributed by atoms with Gasteiger partial charge in [0.15, 0.2) is 0 Å². The van der Waals surface area contributed by atoms with E-state index in [1.165, 1.54) is 231 Å². The van der Waals surface area contributed by atoms with Crippen molar-refractivity contribution in [2.45, 2.75) is 0 Å². The van der Waals surface area contributed by atoms with E-state index in [1.807, 2.05) is 0 Å². The van der Waals surface area contributed by atoms with Crippen molar-refractivity contribution in [2.24, 2.45) is 0 Å². The van der Waals surface area contributed by atoms with Crippen LogP contribution in [-0.4, -0.2) is 0 Å².